The average molecular weight is 663 g/mol. The maximum Gasteiger partial charge on any atom is 0.416 e. The molecular weight excluding hydrogens is 625 g/mol. The molecule has 0 aliphatic carbocycles. The van der Waals surface area contributed by atoms with Crippen molar-refractivity contribution < 1.29 is 22.7 Å². The second-order valence-electron chi connectivity index (χ2n) is 11.6. The van der Waals surface area contributed by atoms with E-state index in [2.05, 4.69) is 16.4 Å². The molecule has 8 nitrogen and oxygen atoms in total. The largest absolute Gasteiger partial charge is 0.497 e. The highest BCUT2D eigenvalue weighted by molar-refractivity contribution is 7.80. The van der Waals surface area contributed by atoms with Gasteiger partial charge in [-0.05, 0) is 78.1 Å². The molecule has 1 unspecified atom stereocenters. The molecule has 0 aliphatic heterocycles. The molecule has 2 atom stereocenters. The fourth-order valence-electron chi connectivity index (χ4n) is 5.32. The van der Waals surface area contributed by atoms with Crippen molar-refractivity contribution in [1.82, 2.24) is 14.5 Å². The fourth-order valence-corrected chi connectivity index (χ4v) is 5.62. The molecule has 3 N–H and O–H groups in total. The Kier molecular flexibility index (Phi) is 11.7. The summed E-state index contributed by atoms with van der Waals surface area (Å²) < 4.78 is 49.2. The minimum absolute atomic E-state index is 0.00696. The van der Waals surface area contributed by atoms with Gasteiger partial charge in [0.05, 0.1) is 42.7 Å². The summed E-state index contributed by atoms with van der Waals surface area (Å²) in [6.07, 6.45) is -2.02. The second kappa shape index (κ2) is 15.7. The standard InChI is InChI=1S/C35H37F3N6O2S/c1-23(2)16-30(32(45)17-28-19-41-22-43(28)20-25-10-8-24(18-39)9-11-25)33(40)44(21-26-6-4-5-7-31(26)35(36,37)38)34(47)42-27-12-14-29(46-3)15-13-27/h4-15,19,22-23,30,33H,16-17,20-21,40H2,1-3H3,(H,42,47)/t30-,33?/m1/s1. The lowest BCUT2D eigenvalue weighted by Gasteiger charge is -2.37. The van der Waals surface area contributed by atoms with Crippen molar-refractivity contribution in [2.75, 3.05) is 12.4 Å². The molecule has 0 saturated heterocycles. The van der Waals surface area contributed by atoms with E-state index in [0.29, 0.717) is 35.7 Å². The van der Waals surface area contributed by atoms with Crippen molar-refractivity contribution in [1.29, 1.82) is 5.26 Å². The minimum atomic E-state index is -4.60. The number of methoxy groups -OCH3 is 1. The number of nitrogens with zero attached hydrogens (tertiary/aromatic N) is 4. The van der Waals surface area contributed by atoms with Gasteiger partial charge in [0, 0.05) is 37.1 Å². The van der Waals surface area contributed by atoms with Crippen molar-refractivity contribution in [3.63, 3.8) is 0 Å². The number of carbonyl (C=O) groups is 1. The van der Waals surface area contributed by atoms with Gasteiger partial charge in [-0.3, -0.25) is 4.79 Å². The lowest BCUT2D eigenvalue weighted by Crippen LogP contribution is -2.53. The first kappa shape index (κ1) is 35.1. The van der Waals surface area contributed by atoms with E-state index in [1.54, 1.807) is 48.9 Å². The van der Waals surface area contributed by atoms with Crippen LogP contribution in [0.3, 0.4) is 0 Å². The van der Waals surface area contributed by atoms with Gasteiger partial charge in [0.1, 0.15) is 11.5 Å². The van der Waals surface area contributed by atoms with Crippen molar-refractivity contribution in [2.45, 2.75) is 52.1 Å². The van der Waals surface area contributed by atoms with E-state index in [1.807, 2.05) is 30.5 Å². The number of ketones is 1. The van der Waals surface area contributed by atoms with Gasteiger partial charge in [-0.2, -0.15) is 18.4 Å². The van der Waals surface area contributed by atoms with Crippen LogP contribution in [0.4, 0.5) is 18.9 Å². The summed E-state index contributed by atoms with van der Waals surface area (Å²) in [7, 11) is 1.54. The van der Waals surface area contributed by atoms with Gasteiger partial charge >= 0.3 is 6.18 Å². The van der Waals surface area contributed by atoms with Gasteiger partial charge in [0.2, 0.25) is 0 Å². The van der Waals surface area contributed by atoms with Crippen LogP contribution < -0.4 is 15.8 Å². The molecular formula is C35H37F3N6O2S. The third-order valence-electron chi connectivity index (χ3n) is 7.77. The number of halogens is 3. The first-order valence-electron chi connectivity index (χ1n) is 15.0. The van der Waals surface area contributed by atoms with E-state index in [1.165, 1.54) is 30.2 Å². The monoisotopic (exact) mass is 662 g/mol. The highest BCUT2D eigenvalue weighted by atomic mass is 32.1. The van der Waals surface area contributed by atoms with Crippen LogP contribution in [0.5, 0.6) is 5.75 Å². The normalized spacial score (nSPS) is 12.7. The number of hydrogen-bond acceptors (Lipinski definition) is 6. The van der Waals surface area contributed by atoms with Crippen LogP contribution in [0.2, 0.25) is 0 Å². The number of aromatic nitrogens is 2. The van der Waals surface area contributed by atoms with E-state index in [-0.39, 0.29) is 35.3 Å². The van der Waals surface area contributed by atoms with Crippen molar-refractivity contribution >= 4 is 28.8 Å². The number of hydrogen-bond donors (Lipinski definition) is 2. The van der Waals surface area contributed by atoms with Gasteiger partial charge in [-0.1, -0.05) is 44.2 Å². The lowest BCUT2D eigenvalue weighted by molar-refractivity contribution is -0.138. The minimum Gasteiger partial charge on any atom is -0.497 e. The molecule has 0 spiro atoms. The van der Waals surface area contributed by atoms with Crippen molar-refractivity contribution in [2.24, 2.45) is 17.6 Å². The Morgan fingerprint density at radius 3 is 2.40 bits per heavy atom. The first-order chi connectivity index (χ1) is 22.4. The van der Waals surface area contributed by atoms with Crippen LogP contribution in [0.1, 0.15) is 48.2 Å². The zero-order valence-corrected chi connectivity index (χ0v) is 27.2. The van der Waals surface area contributed by atoms with Gasteiger partial charge in [-0.15, -0.1) is 0 Å². The average Bonchev–Trinajstić information content (AvgIpc) is 3.48. The third kappa shape index (κ3) is 9.40. The van der Waals surface area contributed by atoms with E-state index < -0.39 is 23.8 Å². The van der Waals surface area contributed by atoms with Crippen molar-refractivity contribution in [3.8, 4) is 11.8 Å². The Morgan fingerprint density at radius 1 is 1.11 bits per heavy atom. The predicted molar refractivity (Wildman–Crippen MR) is 178 cm³/mol. The van der Waals surface area contributed by atoms with Gasteiger partial charge in [0.15, 0.2) is 5.11 Å². The summed E-state index contributed by atoms with van der Waals surface area (Å²) in [4.78, 5) is 19.8. The Morgan fingerprint density at radius 2 is 1.79 bits per heavy atom. The molecule has 0 bridgehead atoms. The molecule has 0 saturated carbocycles. The molecule has 12 heteroatoms. The van der Waals surface area contributed by atoms with Crippen LogP contribution in [0, 0.1) is 23.2 Å². The van der Waals surface area contributed by atoms with Crippen LogP contribution in [0.15, 0.2) is 85.3 Å². The molecule has 0 aliphatic rings. The molecule has 0 fully saturated rings. The zero-order valence-electron chi connectivity index (χ0n) is 26.4. The Balaban J connectivity index is 1.64. The van der Waals surface area contributed by atoms with E-state index in [9.17, 15) is 18.0 Å². The Bertz CT molecular complexity index is 1700. The molecule has 1 heterocycles. The van der Waals surface area contributed by atoms with Crippen LogP contribution in [0.25, 0.3) is 0 Å². The Labute approximate surface area is 278 Å². The highest BCUT2D eigenvalue weighted by Gasteiger charge is 2.36. The first-order valence-corrected chi connectivity index (χ1v) is 15.4. The summed E-state index contributed by atoms with van der Waals surface area (Å²) in [5.74, 6) is -0.294. The maximum absolute atomic E-state index is 14.1. The number of nitriles is 1. The molecule has 4 aromatic rings. The number of nitrogens with two attached hydrogens (primary N) is 1. The number of ether oxygens (including phenoxy) is 1. The molecule has 246 valence electrons. The van der Waals surface area contributed by atoms with Gasteiger partial charge < -0.3 is 25.3 Å². The number of benzene rings is 3. The fraction of sp³-hybridized carbons (Fsp3) is 0.314. The topological polar surface area (TPSA) is 109 Å². The maximum atomic E-state index is 14.1. The smallest absolute Gasteiger partial charge is 0.416 e. The van der Waals surface area contributed by atoms with Crippen LogP contribution in [-0.2, 0) is 30.5 Å². The summed E-state index contributed by atoms with van der Waals surface area (Å²) in [6.45, 7) is 4.07. The summed E-state index contributed by atoms with van der Waals surface area (Å²) >= 11 is 5.75. The summed E-state index contributed by atoms with van der Waals surface area (Å²) in [5, 5.41) is 12.3. The zero-order chi connectivity index (χ0) is 34.1. The SMILES string of the molecule is COc1ccc(NC(=S)N(Cc2ccccc2C(F)(F)F)C(N)[C@H](CC(C)C)C(=O)Cc2cncn2Cc2ccc(C#N)cc2)cc1. The second-order valence-corrected chi connectivity index (χ2v) is 12.0. The predicted octanol–water partition coefficient (Wildman–Crippen LogP) is 6.79. The third-order valence-corrected chi connectivity index (χ3v) is 8.10. The summed E-state index contributed by atoms with van der Waals surface area (Å²) in [6, 6.07) is 21.4. The number of rotatable bonds is 13. The number of carbonyl (C=O) groups excluding carboxylic acids is 1. The molecule has 0 radical (unpaired) electrons. The Hall–Kier alpha value is -4.73. The van der Waals surface area contributed by atoms with E-state index in [4.69, 9.17) is 28.0 Å². The van der Waals surface area contributed by atoms with E-state index in [0.717, 1.165) is 11.6 Å². The number of imidazole rings is 1. The van der Waals surface area contributed by atoms with Crippen molar-refractivity contribution in [3.05, 3.63) is 113 Å². The number of nitrogens with one attached hydrogen (secondary N) is 1. The quantitative estimate of drug-likeness (QED) is 0.119. The number of alkyl halides is 3. The lowest BCUT2D eigenvalue weighted by atomic mass is 9.88. The molecule has 1 aromatic heterocycles. The molecule has 47 heavy (non-hydrogen) atoms. The van der Waals surface area contributed by atoms with Gasteiger partial charge in [0.25, 0.3) is 0 Å². The van der Waals surface area contributed by atoms with Gasteiger partial charge in [-0.25, -0.2) is 4.98 Å². The number of anilines is 1. The number of thiocarbonyl (C=S) groups is 1. The van der Waals surface area contributed by atoms with Crippen LogP contribution in [-0.4, -0.2) is 38.6 Å². The number of Topliss-reactive ketones (excluding diaryl/α,β-unsaturated/α-hetero) is 1. The molecule has 3 aromatic carbocycles. The summed E-state index contributed by atoms with van der Waals surface area (Å²) in [5.41, 5.74) is 8.75. The van der Waals surface area contributed by atoms with E-state index >= 15 is 0 Å². The van der Waals surface area contributed by atoms with Crippen LogP contribution >= 0.6 is 12.2 Å². The molecule has 4 rings (SSSR count). The molecule has 0 amide bonds. The highest BCUT2D eigenvalue weighted by Crippen LogP contribution is 2.33.